The quantitative estimate of drug-likeness (QED) is 0.756. The maximum absolute atomic E-state index is 12.4. The Balaban J connectivity index is 1.75. The van der Waals surface area contributed by atoms with E-state index in [2.05, 4.69) is 10.6 Å². The van der Waals surface area contributed by atoms with Gasteiger partial charge >= 0.3 is 0 Å². The van der Waals surface area contributed by atoms with Crippen LogP contribution >= 0.6 is 0 Å². The average Bonchev–Trinajstić information content (AvgIpc) is 2.59. The molecule has 2 heterocycles. The molecule has 0 aromatic heterocycles. The van der Waals surface area contributed by atoms with Gasteiger partial charge in [-0.3, -0.25) is 14.4 Å². The highest BCUT2D eigenvalue weighted by molar-refractivity contribution is 5.98. The van der Waals surface area contributed by atoms with Crippen molar-refractivity contribution in [2.24, 2.45) is 0 Å². The molecule has 2 fully saturated rings. The highest BCUT2D eigenvalue weighted by Gasteiger charge is 2.27. The molecule has 0 bridgehead atoms. The number of amides is 3. The van der Waals surface area contributed by atoms with Crippen LogP contribution in [0.15, 0.2) is 24.3 Å². The Hall–Kier alpha value is -2.41. The third-order valence-electron chi connectivity index (χ3n) is 4.86. The molecule has 2 N–H and O–H groups in total. The van der Waals surface area contributed by atoms with Crippen LogP contribution in [0, 0.1) is 0 Å². The molecular formula is C18H24N4O3. The first-order chi connectivity index (χ1) is 12.1. The molecule has 0 aliphatic carbocycles. The number of hydrogen-bond donors (Lipinski definition) is 2. The second-order valence-corrected chi connectivity index (χ2v) is 6.64. The topological polar surface area (TPSA) is 81.8 Å². The molecule has 25 heavy (non-hydrogen) atoms. The molecule has 2 aliphatic heterocycles. The van der Waals surface area contributed by atoms with Gasteiger partial charge in [-0.1, -0.05) is 6.07 Å². The van der Waals surface area contributed by atoms with E-state index in [0.717, 1.165) is 38.0 Å². The van der Waals surface area contributed by atoms with Crippen LogP contribution in [0.2, 0.25) is 0 Å². The molecule has 7 heteroatoms. The second-order valence-electron chi connectivity index (χ2n) is 6.64. The lowest BCUT2D eigenvalue weighted by molar-refractivity contribution is -0.119. The van der Waals surface area contributed by atoms with Crippen molar-refractivity contribution in [3.05, 3.63) is 29.8 Å². The lowest BCUT2D eigenvalue weighted by Crippen LogP contribution is -2.56. The summed E-state index contributed by atoms with van der Waals surface area (Å²) in [6.07, 6.45) is 2.33. The van der Waals surface area contributed by atoms with Crippen LogP contribution in [0.1, 0.15) is 30.1 Å². The summed E-state index contributed by atoms with van der Waals surface area (Å²) >= 11 is 0. The molecule has 7 nitrogen and oxygen atoms in total. The Morgan fingerprint density at radius 1 is 1.28 bits per heavy atom. The smallest absolute Gasteiger partial charge is 0.251 e. The van der Waals surface area contributed by atoms with Crippen LogP contribution in [-0.4, -0.2) is 61.4 Å². The molecule has 0 unspecified atom stereocenters. The third kappa shape index (κ3) is 3.99. The number of piperidine rings is 1. The van der Waals surface area contributed by atoms with Gasteiger partial charge in [0.1, 0.15) is 0 Å². The Morgan fingerprint density at radius 3 is 2.56 bits per heavy atom. The number of carbonyl (C=O) groups is 3. The van der Waals surface area contributed by atoms with E-state index >= 15 is 0 Å². The van der Waals surface area contributed by atoms with Crippen molar-refractivity contribution < 1.29 is 14.4 Å². The largest absolute Gasteiger partial charge is 0.347 e. The predicted octanol–water partition coefficient (Wildman–Crippen LogP) is 0.362. The molecule has 2 aliphatic rings. The van der Waals surface area contributed by atoms with Crippen molar-refractivity contribution in [2.75, 3.05) is 31.1 Å². The number of rotatable bonds is 5. The Kier molecular flexibility index (Phi) is 5.33. The Morgan fingerprint density at radius 2 is 2.00 bits per heavy atom. The number of likely N-dealkylation sites (tertiary alicyclic amines) is 1. The number of carbonyl (C=O) groups excluding carboxylic acids is 3. The SMILES string of the molecule is CC(=O)N(c1cccc(C(=O)NC2CNC2)c1)C1CCN(C=O)CC1. The van der Waals surface area contributed by atoms with Crippen molar-refractivity contribution in [1.29, 1.82) is 0 Å². The van der Waals surface area contributed by atoms with E-state index in [9.17, 15) is 14.4 Å². The van der Waals surface area contributed by atoms with Crippen LogP contribution in [-0.2, 0) is 9.59 Å². The van der Waals surface area contributed by atoms with Gasteiger partial charge in [0.15, 0.2) is 0 Å². The zero-order valence-electron chi connectivity index (χ0n) is 14.4. The highest BCUT2D eigenvalue weighted by atomic mass is 16.2. The summed E-state index contributed by atoms with van der Waals surface area (Å²) in [5, 5.41) is 6.09. The summed E-state index contributed by atoms with van der Waals surface area (Å²) in [6.45, 7) is 4.42. The van der Waals surface area contributed by atoms with Crippen molar-refractivity contribution in [3.63, 3.8) is 0 Å². The summed E-state index contributed by atoms with van der Waals surface area (Å²) in [4.78, 5) is 39.0. The van der Waals surface area contributed by atoms with Crippen LogP contribution in [0.5, 0.6) is 0 Å². The Labute approximate surface area is 147 Å². The number of anilines is 1. The molecule has 0 spiro atoms. The van der Waals surface area contributed by atoms with Crippen LogP contribution < -0.4 is 15.5 Å². The molecule has 134 valence electrons. The van der Waals surface area contributed by atoms with Gasteiger partial charge in [0.25, 0.3) is 5.91 Å². The summed E-state index contributed by atoms with van der Waals surface area (Å²) in [5.41, 5.74) is 1.29. The van der Waals surface area contributed by atoms with Gasteiger partial charge in [-0.2, -0.15) is 0 Å². The summed E-state index contributed by atoms with van der Waals surface area (Å²) in [7, 11) is 0. The van der Waals surface area contributed by atoms with Crippen LogP contribution in [0.3, 0.4) is 0 Å². The molecule has 1 aromatic rings. The van der Waals surface area contributed by atoms with E-state index in [1.165, 1.54) is 0 Å². The number of benzene rings is 1. The minimum Gasteiger partial charge on any atom is -0.347 e. The number of hydrogen-bond acceptors (Lipinski definition) is 4. The number of nitrogens with one attached hydrogen (secondary N) is 2. The average molecular weight is 344 g/mol. The third-order valence-corrected chi connectivity index (χ3v) is 4.86. The summed E-state index contributed by atoms with van der Waals surface area (Å²) < 4.78 is 0. The van der Waals surface area contributed by atoms with Gasteiger partial charge in [-0.15, -0.1) is 0 Å². The van der Waals surface area contributed by atoms with Crippen molar-refractivity contribution in [2.45, 2.75) is 31.8 Å². The zero-order valence-corrected chi connectivity index (χ0v) is 14.4. The van der Waals surface area contributed by atoms with Crippen molar-refractivity contribution in [3.8, 4) is 0 Å². The van der Waals surface area contributed by atoms with Crippen LogP contribution in [0.25, 0.3) is 0 Å². The normalized spacial score (nSPS) is 18.4. The van der Waals surface area contributed by atoms with Crippen LogP contribution in [0.4, 0.5) is 5.69 Å². The summed E-state index contributed by atoms with van der Waals surface area (Å²) in [6, 6.07) is 7.41. The molecule has 3 rings (SSSR count). The lowest BCUT2D eigenvalue weighted by Gasteiger charge is -2.37. The monoisotopic (exact) mass is 344 g/mol. The number of nitrogens with zero attached hydrogens (tertiary/aromatic N) is 2. The van der Waals surface area contributed by atoms with E-state index in [-0.39, 0.29) is 23.9 Å². The van der Waals surface area contributed by atoms with Crippen molar-refractivity contribution >= 4 is 23.9 Å². The van der Waals surface area contributed by atoms with Gasteiger partial charge in [-0.05, 0) is 31.0 Å². The second kappa shape index (κ2) is 7.65. The fourth-order valence-electron chi connectivity index (χ4n) is 3.36. The predicted molar refractivity (Wildman–Crippen MR) is 94.4 cm³/mol. The molecule has 0 radical (unpaired) electrons. The fourth-order valence-corrected chi connectivity index (χ4v) is 3.36. The van der Waals surface area contributed by atoms with Gasteiger partial charge < -0.3 is 20.4 Å². The first-order valence-corrected chi connectivity index (χ1v) is 8.69. The Bertz CT molecular complexity index is 651. The van der Waals surface area contributed by atoms with E-state index in [4.69, 9.17) is 0 Å². The fraction of sp³-hybridized carbons (Fsp3) is 0.500. The lowest BCUT2D eigenvalue weighted by atomic mass is 10.0. The van der Waals surface area contributed by atoms with E-state index in [1.54, 1.807) is 34.9 Å². The van der Waals surface area contributed by atoms with Gasteiger partial charge in [0, 0.05) is 50.4 Å². The van der Waals surface area contributed by atoms with Crippen molar-refractivity contribution in [1.82, 2.24) is 15.5 Å². The highest BCUT2D eigenvalue weighted by Crippen LogP contribution is 2.24. The maximum Gasteiger partial charge on any atom is 0.251 e. The molecule has 1 aromatic carbocycles. The first-order valence-electron chi connectivity index (χ1n) is 8.69. The first kappa shape index (κ1) is 17.4. The zero-order chi connectivity index (χ0) is 17.8. The van der Waals surface area contributed by atoms with E-state index in [0.29, 0.717) is 18.7 Å². The standard InChI is InChI=1S/C18H24N4O3/c1-13(24)22(16-5-7-21(12-23)8-6-16)17-4-2-3-14(9-17)18(25)20-15-10-19-11-15/h2-4,9,12,15-16,19H,5-8,10-11H2,1H3,(H,20,25). The van der Waals surface area contributed by atoms with Gasteiger partial charge in [0.05, 0.1) is 6.04 Å². The molecule has 0 saturated carbocycles. The molecular weight excluding hydrogens is 320 g/mol. The van der Waals surface area contributed by atoms with Gasteiger partial charge in [-0.25, -0.2) is 0 Å². The molecule has 0 atom stereocenters. The summed E-state index contributed by atoms with van der Waals surface area (Å²) in [5.74, 6) is -0.169. The molecule has 3 amide bonds. The maximum atomic E-state index is 12.4. The minimum absolute atomic E-state index is 0.0443. The van der Waals surface area contributed by atoms with E-state index < -0.39 is 0 Å². The molecule has 2 saturated heterocycles. The van der Waals surface area contributed by atoms with Gasteiger partial charge in [0.2, 0.25) is 12.3 Å². The minimum atomic E-state index is -0.118. The van der Waals surface area contributed by atoms with E-state index in [1.807, 2.05) is 6.07 Å².